The van der Waals surface area contributed by atoms with Crippen LogP contribution in [0, 0.1) is 0 Å². The largest absolute Gasteiger partial charge is 0.416 e. The van der Waals surface area contributed by atoms with E-state index in [1.54, 1.807) is 0 Å². The van der Waals surface area contributed by atoms with E-state index < -0.39 is 29.5 Å². The van der Waals surface area contributed by atoms with Gasteiger partial charge < -0.3 is 10.6 Å². The van der Waals surface area contributed by atoms with Crippen molar-refractivity contribution in [2.24, 2.45) is 0 Å². The highest BCUT2D eigenvalue weighted by atomic mass is 19.4. The number of anilines is 1. The minimum atomic E-state index is -4.55. The molecule has 0 saturated carbocycles. The van der Waals surface area contributed by atoms with E-state index in [1.165, 1.54) is 18.2 Å². The van der Waals surface area contributed by atoms with Crippen LogP contribution >= 0.6 is 0 Å². The Morgan fingerprint density at radius 3 is 2.00 bits per heavy atom. The lowest BCUT2D eigenvalue weighted by Gasteiger charge is -2.12. The third-order valence-corrected chi connectivity index (χ3v) is 3.16. The van der Waals surface area contributed by atoms with Gasteiger partial charge in [0.2, 0.25) is 0 Å². The highest BCUT2D eigenvalue weighted by molar-refractivity contribution is 5.89. The third kappa shape index (κ3) is 5.40. The minimum Gasteiger partial charge on any atom is -0.334 e. The van der Waals surface area contributed by atoms with Gasteiger partial charge in [-0.15, -0.1) is 0 Å². The number of hydrogen-bond donors (Lipinski definition) is 2. The summed E-state index contributed by atoms with van der Waals surface area (Å²) in [5.74, 6) is 0. The van der Waals surface area contributed by atoms with Gasteiger partial charge in [0.25, 0.3) is 0 Å². The van der Waals surface area contributed by atoms with Crippen LogP contribution in [0.15, 0.2) is 48.5 Å². The summed E-state index contributed by atoms with van der Waals surface area (Å²) in [5, 5.41) is 4.48. The Kier molecular flexibility index (Phi) is 5.24. The Morgan fingerprint density at radius 2 is 1.40 bits per heavy atom. The number of urea groups is 1. The molecule has 0 aliphatic rings. The molecule has 0 aromatic heterocycles. The van der Waals surface area contributed by atoms with Crippen LogP contribution in [0.5, 0.6) is 0 Å². The van der Waals surface area contributed by atoms with E-state index in [0.717, 1.165) is 30.3 Å². The lowest BCUT2D eigenvalue weighted by molar-refractivity contribution is -0.138. The molecular formula is C16H12F6N2O. The molecule has 2 rings (SSSR count). The number of nitrogens with one attached hydrogen (secondary N) is 2. The summed E-state index contributed by atoms with van der Waals surface area (Å²) >= 11 is 0. The van der Waals surface area contributed by atoms with E-state index in [4.69, 9.17) is 0 Å². The molecule has 0 spiro atoms. The van der Waals surface area contributed by atoms with Crippen LogP contribution in [0.2, 0.25) is 0 Å². The maximum Gasteiger partial charge on any atom is 0.416 e. The van der Waals surface area contributed by atoms with Crippen molar-refractivity contribution in [3.63, 3.8) is 0 Å². The lowest BCUT2D eigenvalue weighted by Crippen LogP contribution is -2.28. The first-order valence-corrected chi connectivity index (χ1v) is 6.94. The van der Waals surface area contributed by atoms with Crippen molar-refractivity contribution in [2.75, 3.05) is 5.32 Å². The van der Waals surface area contributed by atoms with E-state index >= 15 is 0 Å². The first-order chi connectivity index (χ1) is 11.6. The monoisotopic (exact) mass is 362 g/mol. The Bertz CT molecular complexity index is 755. The Labute approximate surface area is 138 Å². The van der Waals surface area contributed by atoms with Gasteiger partial charge in [0.15, 0.2) is 0 Å². The molecule has 0 radical (unpaired) electrons. The van der Waals surface area contributed by atoms with Crippen LogP contribution in [-0.4, -0.2) is 6.03 Å². The molecular weight excluding hydrogens is 350 g/mol. The zero-order valence-corrected chi connectivity index (χ0v) is 12.5. The molecule has 3 nitrogen and oxygen atoms in total. The molecule has 0 fully saturated rings. The average molecular weight is 362 g/mol. The number of hydrogen-bond acceptors (Lipinski definition) is 1. The van der Waals surface area contributed by atoms with Crippen molar-refractivity contribution >= 4 is 11.7 Å². The normalized spacial score (nSPS) is 11.9. The van der Waals surface area contributed by atoms with Crippen molar-refractivity contribution in [2.45, 2.75) is 18.9 Å². The third-order valence-electron chi connectivity index (χ3n) is 3.16. The number of amides is 2. The van der Waals surface area contributed by atoms with Crippen LogP contribution in [0.4, 0.5) is 36.8 Å². The van der Waals surface area contributed by atoms with Crippen LogP contribution in [0.3, 0.4) is 0 Å². The summed E-state index contributed by atoms with van der Waals surface area (Å²) in [5.41, 5.74) is -1.67. The quantitative estimate of drug-likeness (QED) is 0.738. The summed E-state index contributed by atoms with van der Waals surface area (Å²) < 4.78 is 75.6. The second-order valence-electron chi connectivity index (χ2n) is 5.08. The number of carbonyl (C=O) groups is 1. The molecule has 0 aliphatic carbocycles. The van der Waals surface area contributed by atoms with Gasteiger partial charge in [0.1, 0.15) is 0 Å². The van der Waals surface area contributed by atoms with Gasteiger partial charge in [-0.2, -0.15) is 26.3 Å². The van der Waals surface area contributed by atoms with E-state index in [1.807, 2.05) is 0 Å². The fourth-order valence-corrected chi connectivity index (χ4v) is 1.99. The lowest BCUT2D eigenvalue weighted by atomic mass is 10.1. The zero-order chi connectivity index (χ0) is 18.7. The van der Waals surface area contributed by atoms with E-state index in [-0.39, 0.29) is 17.8 Å². The van der Waals surface area contributed by atoms with Gasteiger partial charge in [-0.3, -0.25) is 0 Å². The van der Waals surface area contributed by atoms with Crippen molar-refractivity contribution in [1.82, 2.24) is 5.32 Å². The highest BCUT2D eigenvalue weighted by Gasteiger charge is 2.31. The minimum absolute atomic E-state index is 0.0867. The Morgan fingerprint density at radius 1 is 0.840 bits per heavy atom. The molecule has 0 heterocycles. The van der Waals surface area contributed by atoms with Crippen LogP contribution in [0.1, 0.15) is 16.7 Å². The summed E-state index contributed by atoms with van der Waals surface area (Å²) in [6.07, 6.45) is -9.05. The van der Waals surface area contributed by atoms with Crippen molar-refractivity contribution in [3.8, 4) is 0 Å². The molecule has 9 heteroatoms. The number of alkyl halides is 6. The smallest absolute Gasteiger partial charge is 0.334 e. The number of rotatable bonds is 3. The molecule has 2 N–H and O–H groups in total. The standard InChI is InChI=1S/C16H12F6N2O/c17-15(18,19)11-4-1-3-10(7-11)9-23-14(25)24-13-6-2-5-12(8-13)16(20,21)22/h1-8H,9H2,(H2,23,24,25). The Hall–Kier alpha value is -2.71. The Balaban J connectivity index is 1.98. The van der Waals surface area contributed by atoms with Gasteiger partial charge in [0.05, 0.1) is 11.1 Å². The first kappa shape index (κ1) is 18.6. The highest BCUT2D eigenvalue weighted by Crippen LogP contribution is 2.31. The summed E-state index contributed by atoms with van der Waals surface area (Å²) in [6.45, 7) is -0.214. The first-order valence-electron chi connectivity index (χ1n) is 6.94. The molecule has 25 heavy (non-hydrogen) atoms. The van der Waals surface area contributed by atoms with Gasteiger partial charge in [0, 0.05) is 12.2 Å². The van der Waals surface area contributed by atoms with Crippen molar-refractivity contribution < 1.29 is 31.1 Å². The predicted octanol–water partition coefficient (Wildman–Crippen LogP) is 5.05. The predicted molar refractivity (Wildman–Crippen MR) is 78.7 cm³/mol. The fourth-order valence-electron chi connectivity index (χ4n) is 1.99. The van der Waals surface area contributed by atoms with Crippen molar-refractivity contribution in [3.05, 3.63) is 65.2 Å². The molecule has 2 aromatic rings. The number of carbonyl (C=O) groups excluding carboxylic acids is 1. The van der Waals surface area contributed by atoms with Crippen LogP contribution in [0.25, 0.3) is 0 Å². The van der Waals surface area contributed by atoms with Crippen LogP contribution in [-0.2, 0) is 18.9 Å². The van der Waals surface area contributed by atoms with E-state index in [9.17, 15) is 31.1 Å². The second kappa shape index (κ2) is 7.04. The van der Waals surface area contributed by atoms with E-state index in [2.05, 4.69) is 10.6 Å². The molecule has 0 aliphatic heterocycles. The summed E-state index contributed by atoms with van der Waals surface area (Å²) in [4.78, 5) is 11.7. The molecule has 134 valence electrons. The van der Waals surface area contributed by atoms with E-state index in [0.29, 0.717) is 0 Å². The molecule has 0 bridgehead atoms. The summed E-state index contributed by atoms with van der Waals surface area (Å²) in [7, 11) is 0. The molecule has 0 unspecified atom stereocenters. The number of benzene rings is 2. The average Bonchev–Trinajstić information content (AvgIpc) is 2.52. The molecule has 0 saturated heterocycles. The SMILES string of the molecule is O=C(NCc1cccc(C(F)(F)F)c1)Nc1cccc(C(F)(F)F)c1. The molecule has 0 atom stereocenters. The van der Waals surface area contributed by atoms with Gasteiger partial charge >= 0.3 is 18.4 Å². The second-order valence-corrected chi connectivity index (χ2v) is 5.08. The summed E-state index contributed by atoms with van der Waals surface area (Å²) in [6, 6.07) is 7.53. The fraction of sp³-hybridized carbons (Fsp3) is 0.188. The maximum absolute atomic E-state index is 12.6. The van der Waals surface area contributed by atoms with Crippen molar-refractivity contribution in [1.29, 1.82) is 0 Å². The van der Waals surface area contributed by atoms with Gasteiger partial charge in [-0.25, -0.2) is 4.79 Å². The van der Waals surface area contributed by atoms with Gasteiger partial charge in [-0.1, -0.05) is 18.2 Å². The zero-order valence-electron chi connectivity index (χ0n) is 12.5. The van der Waals surface area contributed by atoms with Crippen LogP contribution < -0.4 is 10.6 Å². The molecule has 2 aromatic carbocycles. The topological polar surface area (TPSA) is 41.1 Å². The van der Waals surface area contributed by atoms with Gasteiger partial charge in [-0.05, 0) is 35.9 Å². The molecule has 2 amide bonds. The number of halogens is 6. The maximum atomic E-state index is 12.6.